The molecule has 2 aromatic carbocycles. The summed E-state index contributed by atoms with van der Waals surface area (Å²) in [5, 5.41) is 15.9. The number of hydrogen-bond acceptors (Lipinski definition) is 6. The Balaban J connectivity index is 1.68. The SMILES string of the molecule is Cc1cccc(N/C=C(\C#N)c2nc(-c3cc4cc(Br)ccc4oc3=O)cs2)c1C. The van der Waals surface area contributed by atoms with Crippen LogP contribution in [0.3, 0.4) is 0 Å². The van der Waals surface area contributed by atoms with Crippen molar-refractivity contribution < 1.29 is 4.42 Å². The molecule has 4 aromatic rings. The fraction of sp³-hybridized carbons (Fsp3) is 0.0870. The van der Waals surface area contributed by atoms with Crippen molar-refractivity contribution in [2.24, 2.45) is 0 Å². The van der Waals surface area contributed by atoms with E-state index in [4.69, 9.17) is 4.42 Å². The van der Waals surface area contributed by atoms with E-state index in [1.807, 2.05) is 44.2 Å². The number of aromatic nitrogens is 1. The minimum atomic E-state index is -0.460. The van der Waals surface area contributed by atoms with Crippen molar-refractivity contribution in [1.82, 2.24) is 4.98 Å². The lowest BCUT2D eigenvalue weighted by molar-refractivity contribution is 0.563. The molecule has 0 amide bonds. The standard InChI is InChI=1S/C23H16BrN3O2S/c1-13-4-3-5-19(14(13)2)26-11-16(10-25)22-27-20(12-30-22)18-9-15-8-17(24)6-7-21(15)29-23(18)28/h3-9,11-12,26H,1-2H3/b16-11+. The number of nitrogens with one attached hydrogen (secondary N) is 1. The average molecular weight is 478 g/mol. The molecule has 0 aliphatic rings. The monoisotopic (exact) mass is 477 g/mol. The van der Waals surface area contributed by atoms with Crippen LogP contribution >= 0.6 is 27.3 Å². The number of hydrogen-bond donors (Lipinski definition) is 1. The van der Waals surface area contributed by atoms with Crippen LogP contribution < -0.4 is 10.9 Å². The third kappa shape index (κ3) is 3.92. The fourth-order valence-electron chi connectivity index (χ4n) is 2.99. The number of allylic oxidation sites excluding steroid dienone is 1. The maximum Gasteiger partial charge on any atom is 0.345 e. The van der Waals surface area contributed by atoms with Crippen molar-refractivity contribution in [2.75, 3.05) is 5.32 Å². The zero-order valence-corrected chi connectivity index (χ0v) is 18.6. The van der Waals surface area contributed by atoms with Crippen LogP contribution in [-0.4, -0.2) is 4.98 Å². The zero-order valence-electron chi connectivity index (χ0n) is 16.2. The lowest BCUT2D eigenvalue weighted by Crippen LogP contribution is -2.03. The molecule has 2 heterocycles. The van der Waals surface area contributed by atoms with Crippen molar-refractivity contribution in [3.8, 4) is 17.3 Å². The molecule has 0 saturated carbocycles. The van der Waals surface area contributed by atoms with Gasteiger partial charge in [-0.25, -0.2) is 9.78 Å². The number of nitriles is 1. The van der Waals surface area contributed by atoms with Crippen molar-refractivity contribution in [3.05, 3.63) is 85.1 Å². The molecule has 0 aliphatic heterocycles. The number of halogens is 1. The molecule has 30 heavy (non-hydrogen) atoms. The summed E-state index contributed by atoms with van der Waals surface area (Å²) in [7, 11) is 0. The highest BCUT2D eigenvalue weighted by molar-refractivity contribution is 9.10. The lowest BCUT2D eigenvalue weighted by Gasteiger charge is -2.08. The second kappa shape index (κ2) is 8.27. The Kier molecular flexibility index (Phi) is 5.53. The highest BCUT2D eigenvalue weighted by Gasteiger charge is 2.14. The minimum Gasteiger partial charge on any atom is -0.422 e. The summed E-state index contributed by atoms with van der Waals surface area (Å²) < 4.78 is 6.31. The fourth-order valence-corrected chi connectivity index (χ4v) is 4.16. The van der Waals surface area contributed by atoms with E-state index in [-0.39, 0.29) is 0 Å². The first kappa shape index (κ1) is 20.1. The van der Waals surface area contributed by atoms with E-state index in [1.54, 1.807) is 23.7 Å². The van der Waals surface area contributed by atoms with Crippen LogP contribution in [0.4, 0.5) is 5.69 Å². The molecule has 148 valence electrons. The highest BCUT2D eigenvalue weighted by Crippen LogP contribution is 2.28. The lowest BCUT2D eigenvalue weighted by atomic mass is 10.1. The molecule has 0 atom stereocenters. The van der Waals surface area contributed by atoms with Crippen LogP contribution in [0.15, 0.2) is 67.7 Å². The van der Waals surface area contributed by atoms with Gasteiger partial charge in [0.15, 0.2) is 0 Å². The van der Waals surface area contributed by atoms with Gasteiger partial charge in [0, 0.05) is 27.1 Å². The Morgan fingerprint density at radius 1 is 1.27 bits per heavy atom. The molecule has 2 aromatic heterocycles. The van der Waals surface area contributed by atoms with Crippen molar-refractivity contribution >= 4 is 49.5 Å². The van der Waals surface area contributed by atoms with Gasteiger partial charge in [-0.1, -0.05) is 28.1 Å². The van der Waals surface area contributed by atoms with Gasteiger partial charge in [-0.3, -0.25) is 0 Å². The normalized spacial score (nSPS) is 11.5. The smallest absolute Gasteiger partial charge is 0.345 e. The van der Waals surface area contributed by atoms with Gasteiger partial charge in [-0.15, -0.1) is 11.3 Å². The van der Waals surface area contributed by atoms with Gasteiger partial charge in [0.2, 0.25) is 0 Å². The minimum absolute atomic E-state index is 0.364. The first-order chi connectivity index (χ1) is 14.5. The molecule has 0 spiro atoms. The Labute approximate surface area is 185 Å². The van der Waals surface area contributed by atoms with E-state index in [0.29, 0.717) is 27.4 Å². The molecule has 0 aliphatic carbocycles. The zero-order chi connectivity index (χ0) is 21.3. The summed E-state index contributed by atoms with van der Waals surface area (Å²) >= 11 is 4.73. The van der Waals surface area contributed by atoms with Crippen molar-refractivity contribution in [1.29, 1.82) is 5.26 Å². The van der Waals surface area contributed by atoms with Crippen molar-refractivity contribution in [2.45, 2.75) is 13.8 Å². The number of nitrogens with zero attached hydrogens (tertiary/aromatic N) is 2. The van der Waals surface area contributed by atoms with E-state index in [2.05, 4.69) is 32.3 Å². The summed E-state index contributed by atoms with van der Waals surface area (Å²) in [6.07, 6.45) is 1.64. The molecule has 0 fully saturated rings. The Morgan fingerprint density at radius 3 is 2.90 bits per heavy atom. The van der Waals surface area contributed by atoms with Crippen LogP contribution in [0.1, 0.15) is 16.1 Å². The number of aryl methyl sites for hydroxylation is 1. The molecule has 7 heteroatoms. The summed E-state index contributed by atoms with van der Waals surface area (Å²) in [5.74, 6) is 0. The maximum atomic E-state index is 12.4. The first-order valence-corrected chi connectivity index (χ1v) is 10.8. The number of anilines is 1. The van der Waals surface area contributed by atoms with E-state index in [9.17, 15) is 10.1 Å². The number of fused-ring (bicyclic) bond motifs is 1. The summed E-state index contributed by atoms with van der Waals surface area (Å²) in [4.78, 5) is 17.0. The predicted molar refractivity (Wildman–Crippen MR) is 124 cm³/mol. The predicted octanol–water partition coefficient (Wildman–Crippen LogP) is 6.27. The molecular formula is C23H16BrN3O2S. The maximum absolute atomic E-state index is 12.4. The Hall–Kier alpha value is -3.21. The van der Waals surface area contributed by atoms with E-state index >= 15 is 0 Å². The van der Waals surface area contributed by atoms with Gasteiger partial charge in [0.05, 0.1) is 11.3 Å². The molecule has 0 saturated heterocycles. The van der Waals surface area contributed by atoms with E-state index < -0.39 is 5.63 Å². The average Bonchev–Trinajstić information content (AvgIpc) is 3.21. The molecule has 1 N–H and O–H groups in total. The number of thiazole rings is 1. The molecule has 5 nitrogen and oxygen atoms in total. The first-order valence-electron chi connectivity index (χ1n) is 9.09. The largest absolute Gasteiger partial charge is 0.422 e. The van der Waals surface area contributed by atoms with Gasteiger partial charge in [0.1, 0.15) is 22.2 Å². The van der Waals surface area contributed by atoms with Gasteiger partial charge in [-0.2, -0.15) is 5.26 Å². The quantitative estimate of drug-likeness (QED) is 0.276. The van der Waals surface area contributed by atoms with Gasteiger partial charge >= 0.3 is 5.63 Å². The Morgan fingerprint density at radius 2 is 2.10 bits per heavy atom. The third-order valence-corrected chi connectivity index (χ3v) is 6.17. The summed E-state index contributed by atoms with van der Waals surface area (Å²) in [6, 6.07) is 15.3. The van der Waals surface area contributed by atoms with Crippen LogP contribution in [0.25, 0.3) is 27.8 Å². The summed E-state index contributed by atoms with van der Waals surface area (Å²) in [6.45, 7) is 4.06. The topological polar surface area (TPSA) is 78.9 Å². The van der Waals surface area contributed by atoms with Crippen LogP contribution in [-0.2, 0) is 0 Å². The van der Waals surface area contributed by atoms with Crippen LogP contribution in [0.5, 0.6) is 0 Å². The molecular weight excluding hydrogens is 462 g/mol. The van der Waals surface area contributed by atoms with Gasteiger partial charge < -0.3 is 9.73 Å². The van der Waals surface area contributed by atoms with E-state index in [1.165, 1.54) is 11.3 Å². The van der Waals surface area contributed by atoms with Gasteiger partial charge in [0.25, 0.3) is 0 Å². The van der Waals surface area contributed by atoms with Crippen molar-refractivity contribution in [3.63, 3.8) is 0 Å². The molecule has 4 rings (SSSR count). The highest BCUT2D eigenvalue weighted by atomic mass is 79.9. The molecule has 0 unspecified atom stereocenters. The van der Waals surface area contributed by atoms with Crippen LogP contribution in [0.2, 0.25) is 0 Å². The van der Waals surface area contributed by atoms with E-state index in [0.717, 1.165) is 26.7 Å². The molecule has 0 radical (unpaired) electrons. The second-order valence-electron chi connectivity index (χ2n) is 6.73. The Bertz CT molecular complexity index is 1400. The molecule has 0 bridgehead atoms. The summed E-state index contributed by atoms with van der Waals surface area (Å²) in [5.41, 5.74) is 4.50. The second-order valence-corrected chi connectivity index (χ2v) is 8.50. The third-order valence-electron chi connectivity index (χ3n) is 4.80. The van der Waals surface area contributed by atoms with Crippen LogP contribution in [0, 0.1) is 25.2 Å². The number of benzene rings is 2. The van der Waals surface area contributed by atoms with Gasteiger partial charge in [-0.05, 0) is 55.3 Å². The number of rotatable bonds is 4.